The van der Waals surface area contributed by atoms with Gasteiger partial charge < -0.3 is 14.2 Å². The third-order valence-corrected chi connectivity index (χ3v) is 3.19. The summed E-state index contributed by atoms with van der Waals surface area (Å²) in [6.45, 7) is 4.49. The summed E-state index contributed by atoms with van der Waals surface area (Å²) in [7, 11) is 0. The van der Waals surface area contributed by atoms with Crippen molar-refractivity contribution in [1.29, 1.82) is 0 Å². The quantitative estimate of drug-likeness (QED) is 0.441. The number of halogens is 2. The highest BCUT2D eigenvalue weighted by Gasteiger charge is 2.25. The van der Waals surface area contributed by atoms with Crippen LogP contribution in [0.5, 0.6) is 0 Å². The van der Waals surface area contributed by atoms with Crippen LogP contribution in [-0.2, 0) is 19.0 Å². The van der Waals surface area contributed by atoms with E-state index in [1.54, 1.807) is 13.8 Å². The van der Waals surface area contributed by atoms with Crippen LogP contribution in [0.15, 0.2) is 18.2 Å². The van der Waals surface area contributed by atoms with Crippen LogP contribution in [0.1, 0.15) is 31.1 Å². The molecule has 0 bridgehead atoms. The van der Waals surface area contributed by atoms with Crippen LogP contribution in [0.2, 0.25) is 0 Å². The van der Waals surface area contributed by atoms with Crippen LogP contribution < -0.4 is 0 Å². The molecule has 1 heterocycles. The summed E-state index contributed by atoms with van der Waals surface area (Å²) in [5.41, 5.74) is 0.442. The summed E-state index contributed by atoms with van der Waals surface area (Å²) in [6.07, 6.45) is 1.93. The van der Waals surface area contributed by atoms with E-state index >= 15 is 0 Å². The van der Waals surface area contributed by atoms with Gasteiger partial charge in [-0.15, -0.1) is 0 Å². The van der Waals surface area contributed by atoms with Gasteiger partial charge in [0.25, 0.3) is 0 Å². The summed E-state index contributed by atoms with van der Waals surface area (Å²) in [5, 5.41) is 0. The van der Waals surface area contributed by atoms with Crippen LogP contribution in [0, 0.1) is 11.6 Å². The number of esters is 1. The third-order valence-electron chi connectivity index (χ3n) is 3.19. The number of carbonyl (C=O) groups is 1. The largest absolute Gasteiger partial charge is 0.463 e. The Morgan fingerprint density at radius 3 is 2.86 bits per heavy atom. The van der Waals surface area contributed by atoms with Crippen molar-refractivity contribution in [3.05, 3.63) is 41.0 Å². The Kier molecular flexibility index (Phi) is 5.63. The van der Waals surface area contributed by atoms with Gasteiger partial charge >= 0.3 is 5.97 Å². The van der Waals surface area contributed by atoms with E-state index in [2.05, 4.69) is 0 Å². The van der Waals surface area contributed by atoms with Crippen molar-refractivity contribution in [1.82, 2.24) is 0 Å². The molecule has 0 amide bonds. The zero-order chi connectivity index (χ0) is 16.1. The van der Waals surface area contributed by atoms with Crippen LogP contribution in [0.4, 0.5) is 8.78 Å². The van der Waals surface area contributed by atoms with Crippen molar-refractivity contribution in [3.63, 3.8) is 0 Å². The number of carbonyl (C=O) groups excluding carboxylic acids is 1. The molecule has 4 nitrogen and oxygen atoms in total. The summed E-state index contributed by atoms with van der Waals surface area (Å²) >= 11 is 0. The average molecular weight is 312 g/mol. The smallest absolute Gasteiger partial charge is 0.330 e. The topological polar surface area (TPSA) is 48.1 Å². The molecule has 0 aliphatic carbocycles. The Bertz CT molecular complexity index is 568. The van der Waals surface area contributed by atoms with Crippen molar-refractivity contribution >= 4 is 12.0 Å². The summed E-state index contributed by atoms with van der Waals surface area (Å²) in [4.78, 5) is 11.3. The van der Waals surface area contributed by atoms with E-state index in [1.165, 1.54) is 18.2 Å². The Morgan fingerprint density at radius 1 is 1.50 bits per heavy atom. The Hall–Kier alpha value is -1.79. The highest BCUT2D eigenvalue weighted by molar-refractivity contribution is 5.87. The summed E-state index contributed by atoms with van der Waals surface area (Å²) in [5.74, 6) is -2.48. The van der Waals surface area contributed by atoms with E-state index < -0.39 is 23.7 Å². The molecule has 0 radical (unpaired) electrons. The maximum atomic E-state index is 14.1. The minimum absolute atomic E-state index is 0.0256. The SMILES string of the molecule is CCOC(=O)C=Cc1ccc(F)c(F)c1C(C)OC[C@H]1CO1. The third kappa shape index (κ3) is 4.35. The zero-order valence-corrected chi connectivity index (χ0v) is 12.5. The van der Waals surface area contributed by atoms with Crippen LogP contribution >= 0.6 is 0 Å². The minimum Gasteiger partial charge on any atom is -0.463 e. The molecule has 22 heavy (non-hydrogen) atoms. The molecule has 2 rings (SSSR count). The van der Waals surface area contributed by atoms with Crippen molar-refractivity contribution in [2.75, 3.05) is 19.8 Å². The van der Waals surface area contributed by atoms with Gasteiger partial charge in [-0.3, -0.25) is 0 Å². The maximum Gasteiger partial charge on any atom is 0.330 e. The second-order valence-electron chi connectivity index (χ2n) is 4.88. The molecule has 1 saturated heterocycles. The van der Waals surface area contributed by atoms with Gasteiger partial charge in [-0.1, -0.05) is 6.07 Å². The van der Waals surface area contributed by atoms with E-state index in [9.17, 15) is 13.6 Å². The van der Waals surface area contributed by atoms with Crippen molar-refractivity contribution in [2.24, 2.45) is 0 Å². The number of hydrogen-bond acceptors (Lipinski definition) is 4. The molecule has 1 fully saturated rings. The molecule has 2 atom stereocenters. The second-order valence-corrected chi connectivity index (χ2v) is 4.88. The minimum atomic E-state index is -0.977. The lowest BCUT2D eigenvalue weighted by Gasteiger charge is -2.16. The number of ether oxygens (including phenoxy) is 3. The van der Waals surface area contributed by atoms with E-state index in [4.69, 9.17) is 14.2 Å². The number of epoxide rings is 1. The number of hydrogen-bond donors (Lipinski definition) is 0. The first kappa shape index (κ1) is 16.6. The van der Waals surface area contributed by atoms with E-state index in [-0.39, 0.29) is 18.3 Å². The monoisotopic (exact) mass is 312 g/mol. The molecule has 1 aliphatic rings. The Labute approximate surface area is 127 Å². The van der Waals surface area contributed by atoms with Crippen molar-refractivity contribution in [2.45, 2.75) is 26.1 Å². The molecule has 0 spiro atoms. The molecule has 0 aromatic heterocycles. The lowest BCUT2D eigenvalue weighted by molar-refractivity contribution is -0.137. The molecule has 1 aliphatic heterocycles. The van der Waals surface area contributed by atoms with Gasteiger partial charge in [-0.25, -0.2) is 13.6 Å². The summed E-state index contributed by atoms with van der Waals surface area (Å²) < 4.78 is 42.8. The fraction of sp³-hybridized carbons (Fsp3) is 0.438. The summed E-state index contributed by atoms with van der Waals surface area (Å²) in [6, 6.07) is 2.41. The normalized spacial score (nSPS) is 18.5. The predicted octanol–water partition coefficient (Wildman–Crippen LogP) is 3.02. The van der Waals surface area contributed by atoms with Gasteiger partial charge in [-0.05, 0) is 31.6 Å². The molecule has 6 heteroatoms. The van der Waals surface area contributed by atoms with Gasteiger partial charge in [-0.2, -0.15) is 0 Å². The fourth-order valence-electron chi connectivity index (χ4n) is 1.99. The first-order valence-electron chi connectivity index (χ1n) is 7.08. The van der Waals surface area contributed by atoms with E-state index in [1.807, 2.05) is 0 Å². The molecule has 0 saturated carbocycles. The molecular formula is C16H18F2O4. The molecule has 1 aromatic carbocycles. The fourth-order valence-corrected chi connectivity index (χ4v) is 1.99. The Balaban J connectivity index is 2.20. The predicted molar refractivity (Wildman–Crippen MR) is 76.1 cm³/mol. The van der Waals surface area contributed by atoms with Crippen LogP contribution in [-0.4, -0.2) is 31.9 Å². The van der Waals surface area contributed by atoms with E-state index in [0.29, 0.717) is 18.8 Å². The highest BCUT2D eigenvalue weighted by Crippen LogP contribution is 2.28. The first-order valence-corrected chi connectivity index (χ1v) is 7.08. The molecule has 0 N–H and O–H groups in total. The van der Waals surface area contributed by atoms with Gasteiger partial charge in [0, 0.05) is 11.6 Å². The number of rotatable bonds is 7. The van der Waals surface area contributed by atoms with Gasteiger partial charge in [0.15, 0.2) is 11.6 Å². The maximum absolute atomic E-state index is 14.1. The van der Waals surface area contributed by atoms with Crippen LogP contribution in [0.3, 0.4) is 0 Å². The molecular weight excluding hydrogens is 294 g/mol. The lowest BCUT2D eigenvalue weighted by Crippen LogP contribution is -2.10. The van der Waals surface area contributed by atoms with Crippen molar-refractivity contribution in [3.8, 4) is 0 Å². The van der Waals surface area contributed by atoms with Crippen LogP contribution in [0.25, 0.3) is 6.08 Å². The average Bonchev–Trinajstić information content (AvgIpc) is 3.30. The van der Waals surface area contributed by atoms with Crippen molar-refractivity contribution < 1.29 is 27.8 Å². The Morgan fingerprint density at radius 2 is 2.23 bits per heavy atom. The standard InChI is InChI=1S/C16H18F2O4/c1-3-20-14(19)7-5-11-4-6-13(17)16(18)15(11)10(2)21-8-12-9-22-12/h4-7,10,12H,3,8-9H2,1-2H3/t10?,12-/m0/s1. The molecule has 1 unspecified atom stereocenters. The first-order chi connectivity index (χ1) is 10.5. The lowest BCUT2D eigenvalue weighted by atomic mass is 10.0. The second kappa shape index (κ2) is 7.47. The van der Waals surface area contributed by atoms with Gasteiger partial charge in [0.05, 0.1) is 25.9 Å². The van der Waals surface area contributed by atoms with Gasteiger partial charge in [0.1, 0.15) is 6.10 Å². The molecule has 1 aromatic rings. The highest BCUT2D eigenvalue weighted by atomic mass is 19.2. The van der Waals surface area contributed by atoms with E-state index in [0.717, 1.165) is 6.07 Å². The number of benzene rings is 1. The zero-order valence-electron chi connectivity index (χ0n) is 12.5. The van der Waals surface area contributed by atoms with Gasteiger partial charge in [0.2, 0.25) is 0 Å². The molecule has 120 valence electrons.